The smallest absolute Gasteiger partial charge is 0.337 e. The molecule has 2 N–H and O–H groups in total. The minimum absolute atomic E-state index is 0.399. The van der Waals surface area contributed by atoms with Gasteiger partial charge >= 0.3 is 5.97 Å². The van der Waals surface area contributed by atoms with Crippen LogP contribution in [0.15, 0.2) is 24.3 Å². The third-order valence-corrected chi connectivity index (χ3v) is 1.81. The van der Waals surface area contributed by atoms with Crippen LogP contribution in [-0.2, 0) is 4.74 Å². The quantitative estimate of drug-likeness (QED) is 0.706. The van der Waals surface area contributed by atoms with Gasteiger partial charge in [0, 0.05) is 0 Å². The van der Waals surface area contributed by atoms with E-state index in [9.17, 15) is 4.79 Å². The van der Waals surface area contributed by atoms with Crippen LogP contribution >= 0.6 is 0 Å². The van der Waals surface area contributed by atoms with Crippen LogP contribution < -0.4 is 5.73 Å². The van der Waals surface area contributed by atoms with Crippen molar-refractivity contribution in [3.05, 3.63) is 35.4 Å². The fourth-order valence-electron chi connectivity index (χ4n) is 1.05. The van der Waals surface area contributed by atoms with Gasteiger partial charge in [-0.25, -0.2) is 4.79 Å². The van der Waals surface area contributed by atoms with Crippen LogP contribution in [0, 0.1) is 11.3 Å². The number of methoxy groups -OCH3 is 1. The monoisotopic (exact) mass is 190 g/mol. The lowest BCUT2D eigenvalue weighted by Gasteiger charge is -2.04. The molecule has 0 fully saturated rings. The van der Waals surface area contributed by atoms with Crippen molar-refractivity contribution in [2.45, 2.75) is 6.04 Å². The van der Waals surface area contributed by atoms with Gasteiger partial charge < -0.3 is 10.5 Å². The van der Waals surface area contributed by atoms with Gasteiger partial charge in [-0.3, -0.25) is 0 Å². The maximum absolute atomic E-state index is 11.1. The number of carbonyl (C=O) groups excluding carboxylic acids is 1. The molecule has 0 spiro atoms. The van der Waals surface area contributed by atoms with Crippen LogP contribution in [0.25, 0.3) is 0 Å². The summed E-state index contributed by atoms with van der Waals surface area (Å²) in [7, 11) is 1.30. The van der Waals surface area contributed by atoms with Gasteiger partial charge in [0.1, 0.15) is 6.04 Å². The highest BCUT2D eigenvalue weighted by molar-refractivity contribution is 5.89. The summed E-state index contributed by atoms with van der Waals surface area (Å²) in [6.45, 7) is 0. The average Bonchev–Trinajstić information content (AvgIpc) is 2.27. The Kier molecular flexibility index (Phi) is 3.21. The van der Waals surface area contributed by atoms with E-state index in [2.05, 4.69) is 4.74 Å². The lowest BCUT2D eigenvalue weighted by Crippen LogP contribution is -2.09. The van der Waals surface area contributed by atoms with E-state index in [1.54, 1.807) is 24.3 Å². The second kappa shape index (κ2) is 4.40. The third-order valence-electron chi connectivity index (χ3n) is 1.81. The molecule has 4 heteroatoms. The Bertz CT molecular complexity index is 382. The molecule has 72 valence electrons. The number of esters is 1. The fourth-order valence-corrected chi connectivity index (χ4v) is 1.05. The minimum atomic E-state index is -0.709. The lowest BCUT2D eigenvalue weighted by atomic mass is 10.1. The Morgan fingerprint density at radius 1 is 1.64 bits per heavy atom. The zero-order chi connectivity index (χ0) is 10.6. The number of hydrogen-bond acceptors (Lipinski definition) is 4. The highest BCUT2D eigenvalue weighted by atomic mass is 16.5. The zero-order valence-electron chi connectivity index (χ0n) is 7.73. The van der Waals surface area contributed by atoms with Gasteiger partial charge in [-0.2, -0.15) is 5.26 Å². The van der Waals surface area contributed by atoms with Gasteiger partial charge in [-0.15, -0.1) is 0 Å². The number of ether oxygens (including phenoxy) is 1. The van der Waals surface area contributed by atoms with Crippen LogP contribution in [0.4, 0.5) is 0 Å². The van der Waals surface area contributed by atoms with E-state index in [1.165, 1.54) is 7.11 Å². The number of rotatable bonds is 2. The first-order valence-electron chi connectivity index (χ1n) is 4.02. The van der Waals surface area contributed by atoms with Crippen LogP contribution in [0.5, 0.6) is 0 Å². The molecule has 0 aromatic heterocycles. The first kappa shape index (κ1) is 10.2. The molecule has 0 bridgehead atoms. The lowest BCUT2D eigenvalue weighted by molar-refractivity contribution is 0.0600. The standard InChI is InChI=1S/C10H10N2O2/c1-14-10(13)8-4-2-3-7(5-8)9(12)6-11/h2-5,9H,12H2,1H3. The summed E-state index contributed by atoms with van der Waals surface area (Å²) >= 11 is 0. The van der Waals surface area contributed by atoms with Gasteiger partial charge in [-0.05, 0) is 17.7 Å². The molecule has 1 rings (SSSR count). The van der Waals surface area contributed by atoms with E-state index in [0.29, 0.717) is 11.1 Å². The Morgan fingerprint density at radius 2 is 2.36 bits per heavy atom. The summed E-state index contributed by atoms with van der Waals surface area (Å²) in [6, 6.07) is 7.71. The SMILES string of the molecule is COC(=O)c1cccc(C(N)C#N)c1. The molecule has 14 heavy (non-hydrogen) atoms. The molecule has 4 nitrogen and oxygen atoms in total. The predicted octanol–water partition coefficient (Wildman–Crippen LogP) is 0.997. The van der Waals surface area contributed by atoms with Gasteiger partial charge in [-0.1, -0.05) is 12.1 Å². The van der Waals surface area contributed by atoms with E-state index in [0.717, 1.165) is 0 Å². The number of nitriles is 1. The molecule has 0 aliphatic heterocycles. The second-order valence-corrected chi connectivity index (χ2v) is 2.72. The van der Waals surface area contributed by atoms with Crippen LogP contribution in [0.3, 0.4) is 0 Å². The second-order valence-electron chi connectivity index (χ2n) is 2.72. The minimum Gasteiger partial charge on any atom is -0.465 e. The van der Waals surface area contributed by atoms with E-state index in [4.69, 9.17) is 11.0 Å². The number of nitrogens with two attached hydrogens (primary N) is 1. The highest BCUT2D eigenvalue weighted by Crippen LogP contribution is 2.12. The van der Waals surface area contributed by atoms with Crippen molar-refractivity contribution in [2.24, 2.45) is 5.73 Å². The highest BCUT2D eigenvalue weighted by Gasteiger charge is 2.09. The van der Waals surface area contributed by atoms with Crippen molar-refractivity contribution >= 4 is 5.97 Å². The van der Waals surface area contributed by atoms with Gasteiger partial charge in [0.2, 0.25) is 0 Å². The van der Waals surface area contributed by atoms with Crippen LogP contribution in [-0.4, -0.2) is 13.1 Å². The number of benzene rings is 1. The van der Waals surface area contributed by atoms with E-state index >= 15 is 0 Å². The number of nitrogens with zero attached hydrogens (tertiary/aromatic N) is 1. The molecule has 1 aromatic carbocycles. The van der Waals surface area contributed by atoms with Crippen molar-refractivity contribution in [1.29, 1.82) is 5.26 Å². The van der Waals surface area contributed by atoms with E-state index in [1.807, 2.05) is 6.07 Å². The Labute approximate surface area is 81.9 Å². The largest absolute Gasteiger partial charge is 0.465 e. The molecule has 1 atom stereocenters. The maximum Gasteiger partial charge on any atom is 0.337 e. The van der Waals surface area contributed by atoms with E-state index < -0.39 is 12.0 Å². The molecule has 1 unspecified atom stereocenters. The summed E-state index contributed by atoms with van der Waals surface area (Å²) in [5.74, 6) is -0.433. The molecular weight excluding hydrogens is 180 g/mol. The molecule has 0 amide bonds. The van der Waals surface area contributed by atoms with Gasteiger partial charge in [0.05, 0.1) is 18.7 Å². The summed E-state index contributed by atoms with van der Waals surface area (Å²) in [6.07, 6.45) is 0. The zero-order valence-corrected chi connectivity index (χ0v) is 7.73. The van der Waals surface area contributed by atoms with Gasteiger partial charge in [0.15, 0.2) is 0 Å². The number of hydrogen-bond donors (Lipinski definition) is 1. The Balaban J connectivity index is 3.02. The fraction of sp³-hybridized carbons (Fsp3) is 0.200. The molecule has 0 heterocycles. The molecule has 1 aromatic rings. The predicted molar refractivity (Wildman–Crippen MR) is 50.3 cm³/mol. The molecule has 0 radical (unpaired) electrons. The van der Waals surface area contributed by atoms with E-state index in [-0.39, 0.29) is 0 Å². The molecule has 0 saturated carbocycles. The van der Waals surface area contributed by atoms with Crippen molar-refractivity contribution in [1.82, 2.24) is 0 Å². The average molecular weight is 190 g/mol. The normalized spacial score (nSPS) is 11.5. The van der Waals surface area contributed by atoms with Crippen molar-refractivity contribution < 1.29 is 9.53 Å². The molecule has 0 aliphatic carbocycles. The third kappa shape index (κ3) is 2.09. The topological polar surface area (TPSA) is 76.1 Å². The molecule has 0 aliphatic rings. The molecular formula is C10H10N2O2. The van der Waals surface area contributed by atoms with Crippen LogP contribution in [0.1, 0.15) is 22.0 Å². The van der Waals surface area contributed by atoms with Crippen molar-refractivity contribution in [3.63, 3.8) is 0 Å². The maximum atomic E-state index is 11.1. The van der Waals surface area contributed by atoms with Gasteiger partial charge in [0.25, 0.3) is 0 Å². The molecule has 0 saturated heterocycles. The van der Waals surface area contributed by atoms with Crippen molar-refractivity contribution in [2.75, 3.05) is 7.11 Å². The summed E-state index contributed by atoms with van der Waals surface area (Å²) in [5.41, 5.74) is 6.50. The number of carbonyl (C=O) groups is 1. The first-order valence-corrected chi connectivity index (χ1v) is 4.02. The van der Waals surface area contributed by atoms with Crippen LogP contribution in [0.2, 0.25) is 0 Å². The first-order chi connectivity index (χ1) is 6.69. The summed E-state index contributed by atoms with van der Waals surface area (Å²) < 4.78 is 4.54. The van der Waals surface area contributed by atoms with Crippen molar-refractivity contribution in [3.8, 4) is 6.07 Å². The Hall–Kier alpha value is -1.86. The Morgan fingerprint density at radius 3 is 2.93 bits per heavy atom. The summed E-state index contributed by atoms with van der Waals surface area (Å²) in [5, 5.41) is 8.58. The summed E-state index contributed by atoms with van der Waals surface area (Å²) in [4.78, 5) is 11.1.